The summed E-state index contributed by atoms with van der Waals surface area (Å²) in [7, 11) is 0. The summed E-state index contributed by atoms with van der Waals surface area (Å²) in [5, 5.41) is 15.0. The molecule has 0 aliphatic heterocycles. The number of benzene rings is 3. The van der Waals surface area contributed by atoms with E-state index in [4.69, 9.17) is 21.1 Å². The van der Waals surface area contributed by atoms with Gasteiger partial charge in [-0.1, -0.05) is 68.1 Å². The highest BCUT2D eigenvalue weighted by Gasteiger charge is 2.12. The number of halogens is 1. The molecule has 0 aliphatic rings. The Morgan fingerprint density at radius 2 is 1.74 bits per heavy atom. The van der Waals surface area contributed by atoms with Crippen LogP contribution in [-0.2, 0) is 4.74 Å². The molecule has 3 nitrogen and oxygen atoms in total. The van der Waals surface area contributed by atoms with Crippen molar-refractivity contribution in [2.45, 2.75) is 38.7 Å². The second-order valence-corrected chi connectivity index (χ2v) is 7.33. The lowest BCUT2D eigenvalue weighted by molar-refractivity contribution is 0.0115. The molecule has 3 aromatic rings. The number of fused-ring (bicyclic) bond motifs is 2. The van der Waals surface area contributed by atoms with Crippen LogP contribution in [0.3, 0.4) is 0 Å². The van der Waals surface area contributed by atoms with Gasteiger partial charge >= 0.3 is 0 Å². The first-order chi connectivity index (χ1) is 13.2. The Kier molecular flexibility index (Phi) is 7.33. The van der Waals surface area contributed by atoms with Crippen LogP contribution in [0, 0.1) is 0 Å². The smallest absolute Gasteiger partial charge is 0.135 e. The van der Waals surface area contributed by atoms with E-state index in [-0.39, 0.29) is 13.2 Å². The largest absolute Gasteiger partial charge is 0.489 e. The van der Waals surface area contributed by atoms with Crippen molar-refractivity contribution in [1.29, 1.82) is 0 Å². The molecule has 0 bridgehead atoms. The van der Waals surface area contributed by atoms with Gasteiger partial charge < -0.3 is 14.6 Å². The monoisotopic (exact) mass is 386 g/mol. The number of aliphatic hydroxyl groups excluding tert-OH is 1. The van der Waals surface area contributed by atoms with E-state index >= 15 is 0 Å². The summed E-state index contributed by atoms with van der Waals surface area (Å²) in [6, 6.07) is 16.0. The lowest BCUT2D eigenvalue weighted by Gasteiger charge is -2.16. The topological polar surface area (TPSA) is 38.7 Å². The summed E-state index contributed by atoms with van der Waals surface area (Å²) >= 11 is 6.20. The molecule has 1 atom stereocenters. The number of hydrogen-bond donors (Lipinski definition) is 1. The summed E-state index contributed by atoms with van der Waals surface area (Å²) in [5.41, 5.74) is 0. The van der Waals surface area contributed by atoms with E-state index in [0.717, 1.165) is 33.7 Å². The highest BCUT2D eigenvalue weighted by Crippen LogP contribution is 2.36. The zero-order valence-corrected chi connectivity index (χ0v) is 16.5. The summed E-state index contributed by atoms with van der Waals surface area (Å²) < 4.78 is 11.6. The van der Waals surface area contributed by atoms with Crippen LogP contribution in [0.15, 0.2) is 48.5 Å². The van der Waals surface area contributed by atoms with E-state index in [1.807, 2.05) is 36.4 Å². The number of ether oxygens (including phenoxy) is 2. The van der Waals surface area contributed by atoms with Gasteiger partial charge in [-0.05, 0) is 35.4 Å². The van der Waals surface area contributed by atoms with Gasteiger partial charge in [-0.2, -0.15) is 0 Å². The van der Waals surface area contributed by atoms with Crippen molar-refractivity contribution in [3.05, 3.63) is 53.6 Å². The van der Waals surface area contributed by atoms with Crippen LogP contribution < -0.4 is 4.74 Å². The van der Waals surface area contributed by atoms with Gasteiger partial charge in [-0.3, -0.25) is 0 Å². The van der Waals surface area contributed by atoms with Gasteiger partial charge in [-0.25, -0.2) is 0 Å². The Labute approximate surface area is 165 Å². The van der Waals surface area contributed by atoms with Gasteiger partial charge in [-0.15, -0.1) is 0 Å². The third kappa shape index (κ3) is 5.35. The molecule has 1 N–H and O–H groups in total. The zero-order valence-electron chi connectivity index (χ0n) is 15.8. The first-order valence-electron chi connectivity index (χ1n) is 9.68. The van der Waals surface area contributed by atoms with E-state index in [2.05, 4.69) is 19.1 Å². The maximum atomic E-state index is 10.2. The number of aliphatic hydroxyl groups is 1. The molecule has 0 saturated carbocycles. The van der Waals surface area contributed by atoms with Crippen LogP contribution >= 0.6 is 11.6 Å². The first kappa shape index (κ1) is 19.9. The summed E-state index contributed by atoms with van der Waals surface area (Å²) in [4.78, 5) is 0. The number of unbranched alkanes of at least 4 members (excludes halogenated alkanes) is 3. The predicted molar refractivity (Wildman–Crippen MR) is 113 cm³/mol. The number of hydrogen-bond acceptors (Lipinski definition) is 3. The van der Waals surface area contributed by atoms with Gasteiger partial charge in [0.25, 0.3) is 0 Å². The van der Waals surface area contributed by atoms with Crippen molar-refractivity contribution in [2.75, 3.05) is 19.8 Å². The molecule has 0 fully saturated rings. The van der Waals surface area contributed by atoms with Crippen molar-refractivity contribution in [3.63, 3.8) is 0 Å². The second-order valence-electron chi connectivity index (χ2n) is 6.89. The van der Waals surface area contributed by atoms with Gasteiger partial charge in [0, 0.05) is 22.4 Å². The normalized spacial score (nSPS) is 12.6. The Morgan fingerprint density at radius 3 is 2.59 bits per heavy atom. The first-order valence-corrected chi connectivity index (χ1v) is 10.1. The minimum absolute atomic E-state index is 0.185. The molecule has 0 aromatic heterocycles. The van der Waals surface area contributed by atoms with Crippen molar-refractivity contribution >= 4 is 33.1 Å². The molecule has 0 spiro atoms. The Hall–Kier alpha value is -1.81. The molecule has 0 saturated heterocycles. The molecule has 144 valence electrons. The molecule has 3 rings (SSSR count). The molecule has 4 heteroatoms. The van der Waals surface area contributed by atoms with E-state index in [1.165, 1.54) is 19.3 Å². The standard InChI is InChI=1S/C23H27ClO3/c1-2-3-4-7-12-26-15-20(25)16-27-23-21-9-6-5-8-17(21)13-18-10-11-19(24)14-22(18)23/h5-6,8-11,13-14,20,25H,2-4,7,12,15-16H2,1H3. The van der Waals surface area contributed by atoms with Crippen molar-refractivity contribution in [1.82, 2.24) is 0 Å². The van der Waals surface area contributed by atoms with Crippen LogP contribution in [0.4, 0.5) is 0 Å². The Balaban J connectivity index is 1.69. The third-order valence-corrected chi connectivity index (χ3v) is 4.88. The lowest BCUT2D eigenvalue weighted by Crippen LogP contribution is -2.23. The molecule has 27 heavy (non-hydrogen) atoms. The van der Waals surface area contributed by atoms with Gasteiger partial charge in [0.2, 0.25) is 0 Å². The van der Waals surface area contributed by atoms with Crippen LogP contribution in [0.5, 0.6) is 5.75 Å². The maximum absolute atomic E-state index is 10.2. The van der Waals surface area contributed by atoms with Crippen molar-refractivity contribution < 1.29 is 14.6 Å². The van der Waals surface area contributed by atoms with Gasteiger partial charge in [0.05, 0.1) is 6.61 Å². The summed E-state index contributed by atoms with van der Waals surface area (Å²) in [5.74, 6) is 0.757. The molecule has 3 aromatic carbocycles. The summed E-state index contributed by atoms with van der Waals surface area (Å²) in [6.45, 7) is 3.34. The van der Waals surface area contributed by atoms with E-state index < -0.39 is 6.10 Å². The van der Waals surface area contributed by atoms with Crippen LogP contribution in [-0.4, -0.2) is 31.0 Å². The zero-order chi connectivity index (χ0) is 19.1. The van der Waals surface area contributed by atoms with Crippen molar-refractivity contribution in [3.8, 4) is 5.75 Å². The van der Waals surface area contributed by atoms with Crippen LogP contribution in [0.1, 0.15) is 32.6 Å². The highest BCUT2D eigenvalue weighted by molar-refractivity contribution is 6.31. The van der Waals surface area contributed by atoms with Crippen LogP contribution in [0.25, 0.3) is 21.5 Å². The van der Waals surface area contributed by atoms with E-state index in [0.29, 0.717) is 11.6 Å². The molecule has 1 unspecified atom stereocenters. The van der Waals surface area contributed by atoms with E-state index in [1.54, 1.807) is 0 Å². The van der Waals surface area contributed by atoms with Gasteiger partial charge in [0.15, 0.2) is 0 Å². The fraction of sp³-hybridized carbons (Fsp3) is 0.391. The second kappa shape index (κ2) is 9.93. The third-order valence-electron chi connectivity index (χ3n) is 4.65. The molecule has 0 radical (unpaired) electrons. The molecule has 0 aliphatic carbocycles. The minimum Gasteiger partial charge on any atom is -0.489 e. The molecule has 0 heterocycles. The highest BCUT2D eigenvalue weighted by atomic mass is 35.5. The fourth-order valence-electron chi connectivity index (χ4n) is 3.23. The quantitative estimate of drug-likeness (QED) is 0.344. The Morgan fingerprint density at radius 1 is 0.926 bits per heavy atom. The molecular formula is C23H27ClO3. The average Bonchev–Trinajstić information content (AvgIpc) is 2.68. The SMILES string of the molecule is CCCCCCOCC(O)COc1c2ccccc2cc2ccc(Cl)cc12. The van der Waals surface area contributed by atoms with Gasteiger partial charge in [0.1, 0.15) is 18.5 Å². The van der Waals surface area contributed by atoms with E-state index in [9.17, 15) is 5.11 Å². The maximum Gasteiger partial charge on any atom is 0.135 e. The average molecular weight is 387 g/mol. The van der Waals surface area contributed by atoms with Crippen molar-refractivity contribution in [2.24, 2.45) is 0 Å². The lowest BCUT2D eigenvalue weighted by atomic mass is 10.0. The predicted octanol–water partition coefficient (Wildman–Crippen LogP) is 5.98. The minimum atomic E-state index is -0.663. The molecule has 0 amide bonds. The van der Waals surface area contributed by atoms with Crippen LogP contribution in [0.2, 0.25) is 5.02 Å². The fourth-order valence-corrected chi connectivity index (χ4v) is 3.40. The Bertz CT molecular complexity index is 878. The summed E-state index contributed by atoms with van der Waals surface area (Å²) in [6.07, 6.45) is 3.98. The molecular weight excluding hydrogens is 360 g/mol. The number of rotatable bonds is 10.